The summed E-state index contributed by atoms with van der Waals surface area (Å²) in [5.41, 5.74) is 4.33. The van der Waals surface area contributed by atoms with Crippen molar-refractivity contribution in [3.63, 3.8) is 0 Å². The molecule has 2 N–H and O–H groups in total. The molecule has 5 heteroatoms. The van der Waals surface area contributed by atoms with Crippen LogP contribution in [0.25, 0.3) is 0 Å². The summed E-state index contributed by atoms with van der Waals surface area (Å²) in [4.78, 5) is 15.0. The normalized spacial score (nSPS) is 23.4. The van der Waals surface area contributed by atoms with Crippen molar-refractivity contribution in [3.05, 3.63) is 76.9 Å². The monoisotopic (exact) mass is 403 g/mol. The van der Waals surface area contributed by atoms with Crippen LogP contribution in [0.3, 0.4) is 0 Å². The molecule has 1 saturated heterocycles. The van der Waals surface area contributed by atoms with E-state index < -0.39 is 0 Å². The number of amides is 1. The summed E-state index contributed by atoms with van der Waals surface area (Å²) < 4.78 is 0. The van der Waals surface area contributed by atoms with Gasteiger partial charge in [0.1, 0.15) is 17.4 Å². The van der Waals surface area contributed by atoms with Gasteiger partial charge >= 0.3 is 0 Å². The smallest absolute Gasteiger partial charge is 0.261 e. The highest BCUT2D eigenvalue weighted by molar-refractivity contribution is 5.97. The molecule has 1 amide bonds. The highest BCUT2D eigenvalue weighted by atomic mass is 16.3. The molecular weight excluding hydrogens is 374 g/mol. The number of carbonyl (C=O) groups excluding carboxylic acids is 1. The molecule has 0 aromatic heterocycles. The van der Waals surface area contributed by atoms with E-state index in [1.54, 1.807) is 18.2 Å². The molecule has 156 valence electrons. The Morgan fingerprint density at radius 2 is 1.93 bits per heavy atom. The van der Waals surface area contributed by atoms with Crippen LogP contribution >= 0.6 is 0 Å². The first kappa shape index (κ1) is 21.6. The van der Waals surface area contributed by atoms with Gasteiger partial charge in [-0.1, -0.05) is 42.0 Å². The van der Waals surface area contributed by atoms with Crippen molar-refractivity contribution in [1.29, 1.82) is 5.26 Å². The summed E-state index contributed by atoms with van der Waals surface area (Å²) in [7, 11) is 0. The molecule has 0 saturated carbocycles. The van der Waals surface area contributed by atoms with Gasteiger partial charge in [-0.2, -0.15) is 5.26 Å². The van der Waals surface area contributed by atoms with Gasteiger partial charge in [0.25, 0.3) is 5.91 Å². The lowest BCUT2D eigenvalue weighted by Gasteiger charge is -2.29. The van der Waals surface area contributed by atoms with E-state index in [1.807, 2.05) is 24.3 Å². The van der Waals surface area contributed by atoms with Crippen molar-refractivity contribution in [2.75, 3.05) is 26.2 Å². The second-order valence-corrected chi connectivity index (χ2v) is 7.93. The molecule has 1 aromatic rings. The molecule has 2 aliphatic heterocycles. The maximum absolute atomic E-state index is 12.5. The van der Waals surface area contributed by atoms with Crippen LogP contribution in [-0.4, -0.2) is 42.1 Å². The van der Waals surface area contributed by atoms with Gasteiger partial charge in [-0.25, -0.2) is 0 Å². The summed E-state index contributed by atoms with van der Waals surface area (Å²) in [6.45, 7) is 7.74. The van der Waals surface area contributed by atoms with Gasteiger partial charge in [0, 0.05) is 13.1 Å². The zero-order valence-corrected chi connectivity index (χ0v) is 17.4. The average molecular weight is 404 g/mol. The van der Waals surface area contributed by atoms with Crippen LogP contribution in [0, 0.1) is 11.3 Å². The predicted octanol–water partition coefficient (Wildman–Crippen LogP) is 3.80. The number of nitrogens with one attached hydrogen (secondary N) is 1. The van der Waals surface area contributed by atoms with Crippen molar-refractivity contribution in [2.24, 2.45) is 0 Å². The van der Waals surface area contributed by atoms with E-state index in [9.17, 15) is 15.2 Å². The van der Waals surface area contributed by atoms with Crippen molar-refractivity contribution in [3.8, 4) is 11.8 Å². The standard InChI is InChI=1S/C25H29N3O2/c1-19-4-2-12-28-13-3-5-21(18-28)15-22(14-19)16-23(17-26)25(30)27-11-10-20-6-8-24(29)9-7-20/h6-9,14-16,29H,1-5,10-13,18H2,(H,27,30)/b21-15-,22-14+,23-16+. The van der Waals surface area contributed by atoms with E-state index in [4.69, 9.17) is 0 Å². The molecule has 1 fully saturated rings. The average Bonchev–Trinajstić information content (AvgIpc) is 2.73. The maximum Gasteiger partial charge on any atom is 0.261 e. The second-order valence-electron chi connectivity index (χ2n) is 7.93. The molecule has 2 heterocycles. The Hall–Kier alpha value is -3.10. The van der Waals surface area contributed by atoms with Crippen LogP contribution in [0.4, 0.5) is 0 Å². The number of phenols is 1. The zero-order chi connectivity index (χ0) is 21.3. The summed E-state index contributed by atoms with van der Waals surface area (Å²) in [6, 6.07) is 8.92. The maximum atomic E-state index is 12.5. The van der Waals surface area contributed by atoms with Crippen LogP contribution in [0.2, 0.25) is 0 Å². The van der Waals surface area contributed by atoms with Crippen LogP contribution < -0.4 is 5.32 Å². The van der Waals surface area contributed by atoms with Gasteiger partial charge < -0.3 is 10.4 Å². The topological polar surface area (TPSA) is 76.4 Å². The highest BCUT2D eigenvalue weighted by Crippen LogP contribution is 2.22. The molecule has 1 unspecified atom stereocenters. The van der Waals surface area contributed by atoms with Crippen LogP contribution in [0.5, 0.6) is 5.75 Å². The molecule has 2 aliphatic rings. The number of piperidine rings is 1. The largest absolute Gasteiger partial charge is 0.508 e. The van der Waals surface area contributed by atoms with Crippen molar-refractivity contribution < 1.29 is 9.90 Å². The van der Waals surface area contributed by atoms with Crippen LogP contribution in [-0.2, 0) is 11.2 Å². The van der Waals surface area contributed by atoms with E-state index in [-0.39, 0.29) is 17.2 Å². The fourth-order valence-corrected chi connectivity index (χ4v) is 3.88. The Morgan fingerprint density at radius 3 is 2.67 bits per heavy atom. The number of allylic oxidation sites excluding steroid dienone is 5. The lowest BCUT2D eigenvalue weighted by atomic mass is 9.97. The quantitative estimate of drug-likeness (QED) is 0.579. The predicted molar refractivity (Wildman–Crippen MR) is 119 cm³/mol. The van der Waals surface area contributed by atoms with E-state index in [0.29, 0.717) is 13.0 Å². The number of hydrogen-bond donors (Lipinski definition) is 2. The van der Waals surface area contributed by atoms with Gasteiger partial charge in [-0.3, -0.25) is 9.69 Å². The number of benzene rings is 1. The summed E-state index contributed by atoms with van der Waals surface area (Å²) in [5, 5.41) is 21.7. The Morgan fingerprint density at radius 1 is 1.20 bits per heavy atom. The number of hydrogen-bond acceptors (Lipinski definition) is 4. The Balaban J connectivity index is 1.70. The Labute approximate surface area is 178 Å². The second kappa shape index (κ2) is 10.6. The lowest BCUT2D eigenvalue weighted by molar-refractivity contribution is -0.117. The van der Waals surface area contributed by atoms with E-state index in [0.717, 1.165) is 62.0 Å². The molecule has 3 rings (SSSR count). The number of fused-ring (bicyclic) bond motifs is 2. The fraction of sp³-hybridized carbons (Fsp3) is 0.360. The molecule has 2 bridgehead atoms. The third-order valence-electron chi connectivity index (χ3n) is 5.42. The Kier molecular flexibility index (Phi) is 7.64. The number of nitriles is 1. The van der Waals surface area contributed by atoms with E-state index in [1.165, 1.54) is 5.57 Å². The third-order valence-corrected chi connectivity index (χ3v) is 5.42. The first-order chi connectivity index (χ1) is 14.5. The molecule has 1 atom stereocenters. The molecule has 0 aliphatic carbocycles. The lowest BCUT2D eigenvalue weighted by Crippen LogP contribution is -2.32. The minimum atomic E-state index is -0.372. The van der Waals surface area contributed by atoms with Crippen LogP contribution in [0.1, 0.15) is 31.2 Å². The third kappa shape index (κ3) is 6.47. The number of carbonyl (C=O) groups is 1. The number of nitrogens with zero attached hydrogens (tertiary/aromatic N) is 2. The molecular formula is C25H29N3O2. The highest BCUT2D eigenvalue weighted by Gasteiger charge is 2.16. The first-order valence-corrected chi connectivity index (χ1v) is 10.5. The first-order valence-electron chi connectivity index (χ1n) is 10.5. The van der Waals surface area contributed by atoms with Gasteiger partial charge in [0.15, 0.2) is 0 Å². The molecule has 1 aromatic carbocycles. The molecule has 0 radical (unpaired) electrons. The molecule has 5 nitrogen and oxygen atoms in total. The summed E-state index contributed by atoms with van der Waals surface area (Å²) in [6.07, 6.45) is 10.6. The minimum absolute atomic E-state index is 0.0985. The number of aromatic hydroxyl groups is 1. The molecule has 30 heavy (non-hydrogen) atoms. The van der Waals surface area contributed by atoms with Crippen molar-refractivity contribution in [2.45, 2.75) is 32.1 Å². The van der Waals surface area contributed by atoms with Crippen molar-refractivity contribution in [1.82, 2.24) is 10.2 Å². The zero-order valence-electron chi connectivity index (χ0n) is 17.4. The number of rotatable bonds is 5. The fourth-order valence-electron chi connectivity index (χ4n) is 3.88. The Bertz CT molecular complexity index is 917. The van der Waals surface area contributed by atoms with Crippen LogP contribution in [0.15, 0.2) is 71.4 Å². The summed E-state index contributed by atoms with van der Waals surface area (Å²) >= 11 is 0. The van der Waals surface area contributed by atoms with Gasteiger partial charge in [0.05, 0.1) is 0 Å². The number of phenolic OH excluding ortho intramolecular Hbond substituents is 1. The van der Waals surface area contributed by atoms with Gasteiger partial charge in [0.2, 0.25) is 0 Å². The SMILES string of the molecule is C=C1/C=C(/C=C(\C#N)C(=O)NCCc2ccc(O)cc2)\C=C2\CCCN(CCC1)C2. The van der Waals surface area contributed by atoms with E-state index in [2.05, 4.69) is 22.9 Å². The van der Waals surface area contributed by atoms with Crippen molar-refractivity contribution >= 4 is 5.91 Å². The summed E-state index contributed by atoms with van der Waals surface area (Å²) in [5.74, 6) is -0.156. The molecule has 0 spiro atoms. The van der Waals surface area contributed by atoms with Gasteiger partial charge in [-0.05, 0) is 74.5 Å². The van der Waals surface area contributed by atoms with Gasteiger partial charge in [-0.15, -0.1) is 0 Å². The van der Waals surface area contributed by atoms with E-state index >= 15 is 0 Å². The minimum Gasteiger partial charge on any atom is -0.508 e.